The summed E-state index contributed by atoms with van der Waals surface area (Å²) in [5.41, 5.74) is 2.88. The van der Waals surface area contributed by atoms with E-state index in [4.69, 9.17) is 4.74 Å². The number of rotatable bonds is 3. The van der Waals surface area contributed by atoms with Crippen molar-refractivity contribution in [3.05, 3.63) is 35.4 Å². The van der Waals surface area contributed by atoms with E-state index >= 15 is 0 Å². The van der Waals surface area contributed by atoms with Gasteiger partial charge in [0.15, 0.2) is 0 Å². The molecule has 0 aromatic heterocycles. The lowest BCUT2D eigenvalue weighted by atomic mass is 9.87. The molecule has 126 valence electrons. The number of hydrogen-bond acceptors (Lipinski definition) is 1. The van der Waals surface area contributed by atoms with E-state index < -0.39 is 0 Å². The zero-order valence-electron chi connectivity index (χ0n) is 16.2. The van der Waals surface area contributed by atoms with Gasteiger partial charge in [0.2, 0.25) is 0 Å². The van der Waals surface area contributed by atoms with Crippen LogP contribution in [0.15, 0.2) is 24.3 Å². The Hall–Kier alpha value is -0.390. The summed E-state index contributed by atoms with van der Waals surface area (Å²) in [5, 5.41) is 0.494. The summed E-state index contributed by atoms with van der Waals surface area (Å²) in [5.74, 6) is 0.184. The van der Waals surface area contributed by atoms with Gasteiger partial charge in [-0.15, -0.1) is 0 Å². The molecule has 0 aliphatic rings. The first-order valence-electron chi connectivity index (χ1n) is 8.21. The summed E-state index contributed by atoms with van der Waals surface area (Å²) in [4.78, 5) is 0. The van der Waals surface area contributed by atoms with Crippen molar-refractivity contribution in [3.63, 3.8) is 0 Å². The standard InChI is InChI=1S/C20H35OP/c1-18(2,3)16-13-11-15(12-14-16)17(21-10)22(19(4,5)6)20(7,8)9/h11-14,17H,1-10H3/t17-/m1/s1. The summed E-state index contributed by atoms with van der Waals surface area (Å²) < 4.78 is 6.01. The van der Waals surface area contributed by atoms with E-state index in [0.29, 0.717) is 0 Å². The first kappa shape index (κ1) is 19.7. The quantitative estimate of drug-likeness (QED) is 0.562. The largest absolute Gasteiger partial charge is 0.372 e. The molecule has 1 rings (SSSR count). The second kappa shape index (κ2) is 6.62. The number of benzene rings is 1. The lowest BCUT2D eigenvalue weighted by molar-refractivity contribution is 0.166. The summed E-state index contributed by atoms with van der Waals surface area (Å²) in [7, 11) is 1.51. The lowest BCUT2D eigenvalue weighted by Gasteiger charge is -2.45. The monoisotopic (exact) mass is 322 g/mol. The summed E-state index contributed by atoms with van der Waals surface area (Å²) in [6.07, 6.45) is 0. The van der Waals surface area contributed by atoms with Gasteiger partial charge in [-0.2, -0.15) is 0 Å². The maximum atomic E-state index is 6.01. The van der Waals surface area contributed by atoms with Crippen molar-refractivity contribution in [2.45, 2.75) is 83.9 Å². The van der Waals surface area contributed by atoms with Gasteiger partial charge in [0, 0.05) is 7.11 Å². The molecule has 0 saturated heterocycles. The van der Waals surface area contributed by atoms with E-state index in [2.05, 4.69) is 86.6 Å². The van der Waals surface area contributed by atoms with Crippen molar-refractivity contribution < 1.29 is 4.74 Å². The zero-order valence-corrected chi connectivity index (χ0v) is 17.1. The van der Waals surface area contributed by atoms with Crippen LogP contribution in [0.1, 0.15) is 79.3 Å². The molecule has 1 atom stereocenters. The van der Waals surface area contributed by atoms with Crippen LogP contribution >= 0.6 is 7.92 Å². The predicted octanol–water partition coefficient (Wildman–Crippen LogP) is 6.71. The zero-order chi connectivity index (χ0) is 17.3. The van der Waals surface area contributed by atoms with Gasteiger partial charge in [0.25, 0.3) is 0 Å². The molecule has 0 aliphatic carbocycles. The van der Waals surface area contributed by atoms with Crippen LogP contribution in [0.25, 0.3) is 0 Å². The average Bonchev–Trinajstić information content (AvgIpc) is 2.31. The average molecular weight is 322 g/mol. The first-order chi connectivity index (χ1) is 9.78. The summed E-state index contributed by atoms with van der Waals surface area (Å²) in [6, 6.07) is 9.06. The van der Waals surface area contributed by atoms with Gasteiger partial charge >= 0.3 is 0 Å². The summed E-state index contributed by atoms with van der Waals surface area (Å²) in [6.45, 7) is 20.9. The fraction of sp³-hybridized carbons (Fsp3) is 0.700. The van der Waals surface area contributed by atoms with Crippen molar-refractivity contribution in [2.24, 2.45) is 0 Å². The van der Waals surface area contributed by atoms with Gasteiger partial charge < -0.3 is 4.74 Å². The molecule has 0 spiro atoms. The van der Waals surface area contributed by atoms with Crippen LogP contribution < -0.4 is 0 Å². The Labute approximate surface area is 139 Å². The van der Waals surface area contributed by atoms with Gasteiger partial charge in [-0.1, -0.05) is 94.5 Å². The molecular weight excluding hydrogens is 287 g/mol. The highest BCUT2D eigenvalue weighted by Gasteiger charge is 2.41. The molecule has 2 heteroatoms. The van der Waals surface area contributed by atoms with Crippen molar-refractivity contribution >= 4 is 7.92 Å². The molecule has 0 bridgehead atoms. The third kappa shape index (κ3) is 4.80. The predicted molar refractivity (Wildman–Crippen MR) is 101 cm³/mol. The number of hydrogen-bond donors (Lipinski definition) is 0. The molecule has 0 aliphatic heterocycles. The van der Waals surface area contributed by atoms with Gasteiger partial charge in [0.1, 0.15) is 5.85 Å². The van der Waals surface area contributed by atoms with Crippen LogP contribution in [0, 0.1) is 0 Å². The highest BCUT2D eigenvalue weighted by atomic mass is 31.1. The van der Waals surface area contributed by atoms with Gasteiger partial charge in [-0.25, -0.2) is 0 Å². The second-order valence-corrected chi connectivity index (χ2v) is 13.1. The fourth-order valence-corrected chi connectivity index (χ4v) is 7.35. The van der Waals surface area contributed by atoms with Gasteiger partial charge in [-0.3, -0.25) is 0 Å². The van der Waals surface area contributed by atoms with E-state index in [1.807, 2.05) is 7.11 Å². The van der Waals surface area contributed by atoms with Gasteiger partial charge in [-0.05, 0) is 26.9 Å². The van der Waals surface area contributed by atoms with E-state index in [-0.39, 0.29) is 29.5 Å². The molecule has 0 heterocycles. The van der Waals surface area contributed by atoms with Crippen LogP contribution in [0.2, 0.25) is 0 Å². The molecular formula is C20H35OP. The Morgan fingerprint density at radius 3 is 1.45 bits per heavy atom. The molecule has 1 aromatic carbocycles. The number of methoxy groups -OCH3 is 1. The first-order valence-corrected chi connectivity index (χ1v) is 9.62. The molecule has 0 saturated carbocycles. The lowest BCUT2D eigenvalue weighted by Crippen LogP contribution is -2.29. The van der Waals surface area contributed by atoms with E-state index in [1.54, 1.807) is 0 Å². The van der Waals surface area contributed by atoms with Crippen LogP contribution in [0.5, 0.6) is 0 Å². The minimum atomic E-state index is -0.343. The third-order valence-electron chi connectivity index (χ3n) is 3.97. The second-order valence-electron chi connectivity index (χ2n) is 9.17. The topological polar surface area (TPSA) is 9.23 Å². The van der Waals surface area contributed by atoms with E-state index in [1.165, 1.54) is 11.1 Å². The Morgan fingerprint density at radius 2 is 1.18 bits per heavy atom. The van der Waals surface area contributed by atoms with E-state index in [9.17, 15) is 0 Å². The molecule has 0 radical (unpaired) electrons. The van der Waals surface area contributed by atoms with Gasteiger partial charge in [0.05, 0.1) is 0 Å². The van der Waals surface area contributed by atoms with Crippen molar-refractivity contribution in [3.8, 4) is 0 Å². The molecule has 22 heavy (non-hydrogen) atoms. The normalized spacial score (nSPS) is 15.2. The molecule has 0 fully saturated rings. The molecule has 1 nitrogen and oxygen atoms in total. The van der Waals surface area contributed by atoms with E-state index in [0.717, 1.165) is 0 Å². The Kier molecular flexibility index (Phi) is 5.91. The van der Waals surface area contributed by atoms with Crippen LogP contribution in [-0.2, 0) is 10.2 Å². The number of ether oxygens (including phenoxy) is 1. The highest BCUT2D eigenvalue weighted by molar-refractivity contribution is 7.61. The minimum Gasteiger partial charge on any atom is -0.372 e. The maximum Gasteiger partial charge on any atom is 0.102 e. The van der Waals surface area contributed by atoms with Crippen LogP contribution in [-0.4, -0.2) is 17.4 Å². The minimum absolute atomic E-state index is 0.184. The maximum absolute atomic E-state index is 6.01. The Bertz CT molecular complexity index is 454. The van der Waals surface area contributed by atoms with Crippen molar-refractivity contribution in [1.82, 2.24) is 0 Å². The highest BCUT2D eigenvalue weighted by Crippen LogP contribution is 2.68. The molecule has 1 aromatic rings. The van der Waals surface area contributed by atoms with Crippen molar-refractivity contribution in [2.75, 3.05) is 7.11 Å². The smallest absolute Gasteiger partial charge is 0.102 e. The summed E-state index contributed by atoms with van der Waals surface area (Å²) >= 11 is 0. The fourth-order valence-electron chi connectivity index (χ4n) is 3.25. The Morgan fingerprint density at radius 1 is 0.773 bits per heavy atom. The third-order valence-corrected chi connectivity index (χ3v) is 7.83. The molecule has 0 N–H and O–H groups in total. The Balaban J connectivity index is 3.24. The molecule has 0 unspecified atom stereocenters. The SMILES string of the molecule is CO[C@@H](c1ccc(C(C)(C)C)cc1)P(C(C)(C)C)C(C)(C)C. The van der Waals surface area contributed by atoms with Crippen LogP contribution in [0.4, 0.5) is 0 Å². The molecule has 0 amide bonds. The van der Waals surface area contributed by atoms with Crippen molar-refractivity contribution in [1.29, 1.82) is 0 Å². The van der Waals surface area contributed by atoms with Crippen LogP contribution in [0.3, 0.4) is 0 Å².